The fraction of sp³-hybridized carbons (Fsp3) is 0.125. The van der Waals surface area contributed by atoms with E-state index in [1.165, 1.54) is 10.5 Å². The Balaban J connectivity index is 2.09. The Labute approximate surface area is 137 Å². The normalized spacial score (nSPS) is 13.6. The smallest absolute Gasteiger partial charge is 0.317 e. The lowest BCUT2D eigenvalue weighted by molar-refractivity contribution is 0.100. The van der Waals surface area contributed by atoms with Gasteiger partial charge in [-0.15, -0.1) is 11.8 Å². The van der Waals surface area contributed by atoms with Gasteiger partial charge in [-0.3, -0.25) is 10.1 Å². The molecule has 6 nitrogen and oxygen atoms in total. The lowest BCUT2D eigenvalue weighted by Gasteiger charge is -2.20. The number of carbonyl (C=O) groups excluding carboxylic acids is 2. The van der Waals surface area contributed by atoms with E-state index < -0.39 is 11.9 Å². The summed E-state index contributed by atoms with van der Waals surface area (Å²) in [6.07, 6.45) is 0. The van der Waals surface area contributed by atoms with Crippen molar-refractivity contribution in [2.24, 2.45) is 11.5 Å². The van der Waals surface area contributed by atoms with Crippen molar-refractivity contribution in [2.45, 2.75) is 11.8 Å². The Kier molecular flexibility index (Phi) is 3.87. The summed E-state index contributed by atoms with van der Waals surface area (Å²) in [5, 5.41) is 2.40. The lowest BCUT2D eigenvalue weighted by Crippen LogP contribution is -2.22. The number of benzene rings is 1. The Morgan fingerprint density at radius 3 is 2.70 bits per heavy atom. The van der Waals surface area contributed by atoms with Gasteiger partial charge in [0, 0.05) is 16.3 Å². The zero-order valence-corrected chi connectivity index (χ0v) is 13.3. The molecule has 7 heteroatoms. The van der Waals surface area contributed by atoms with E-state index in [0.29, 0.717) is 0 Å². The highest BCUT2D eigenvalue weighted by Crippen LogP contribution is 2.41. The average molecular weight is 328 g/mol. The SMILES string of the molecule is CC1=C(c2cc(C(N)=O)c(NC(N)=O)[nH]2)CSc2ccccc21. The van der Waals surface area contributed by atoms with Crippen LogP contribution in [0.1, 0.15) is 28.5 Å². The number of hydrogen-bond acceptors (Lipinski definition) is 3. The van der Waals surface area contributed by atoms with Gasteiger partial charge in [0.05, 0.1) is 5.56 Å². The Morgan fingerprint density at radius 2 is 2.00 bits per heavy atom. The second-order valence-electron chi connectivity index (χ2n) is 5.21. The van der Waals surface area contributed by atoms with Crippen molar-refractivity contribution in [1.29, 1.82) is 0 Å². The minimum absolute atomic E-state index is 0.211. The first-order valence-corrected chi connectivity index (χ1v) is 7.97. The summed E-state index contributed by atoms with van der Waals surface area (Å²) in [4.78, 5) is 26.9. The van der Waals surface area contributed by atoms with Crippen LogP contribution in [0.25, 0.3) is 11.1 Å². The summed E-state index contributed by atoms with van der Waals surface area (Å²) in [5.74, 6) is 0.361. The third kappa shape index (κ3) is 2.83. The van der Waals surface area contributed by atoms with Gasteiger partial charge in [-0.25, -0.2) is 4.79 Å². The van der Waals surface area contributed by atoms with E-state index >= 15 is 0 Å². The number of nitrogens with one attached hydrogen (secondary N) is 2. The summed E-state index contributed by atoms with van der Waals surface area (Å²) >= 11 is 1.73. The molecule has 1 aromatic carbocycles. The summed E-state index contributed by atoms with van der Waals surface area (Å²) in [5.41, 5.74) is 14.8. The van der Waals surface area contributed by atoms with Crippen LogP contribution in [-0.4, -0.2) is 22.7 Å². The van der Waals surface area contributed by atoms with Gasteiger partial charge in [0.1, 0.15) is 5.82 Å². The van der Waals surface area contributed by atoms with Crippen LogP contribution in [0, 0.1) is 0 Å². The van der Waals surface area contributed by atoms with Crippen molar-refractivity contribution in [3.63, 3.8) is 0 Å². The second-order valence-corrected chi connectivity index (χ2v) is 6.23. The van der Waals surface area contributed by atoms with Crippen molar-refractivity contribution in [3.05, 3.63) is 47.2 Å². The molecule has 2 heterocycles. The van der Waals surface area contributed by atoms with E-state index in [-0.39, 0.29) is 11.4 Å². The molecule has 0 atom stereocenters. The monoisotopic (exact) mass is 328 g/mol. The zero-order chi connectivity index (χ0) is 16.6. The van der Waals surface area contributed by atoms with Crippen LogP contribution in [0.3, 0.4) is 0 Å². The molecule has 0 bridgehead atoms. The lowest BCUT2D eigenvalue weighted by atomic mass is 9.99. The average Bonchev–Trinajstić information content (AvgIpc) is 2.91. The highest BCUT2D eigenvalue weighted by molar-refractivity contribution is 7.99. The van der Waals surface area contributed by atoms with Crippen LogP contribution >= 0.6 is 11.8 Å². The molecular weight excluding hydrogens is 312 g/mol. The number of urea groups is 1. The van der Waals surface area contributed by atoms with Crippen LogP contribution in [-0.2, 0) is 0 Å². The van der Waals surface area contributed by atoms with E-state index in [0.717, 1.165) is 22.6 Å². The van der Waals surface area contributed by atoms with Gasteiger partial charge in [-0.2, -0.15) is 0 Å². The number of nitrogens with two attached hydrogens (primary N) is 2. The van der Waals surface area contributed by atoms with Gasteiger partial charge < -0.3 is 16.5 Å². The van der Waals surface area contributed by atoms with E-state index in [9.17, 15) is 9.59 Å². The molecule has 23 heavy (non-hydrogen) atoms. The number of aromatic nitrogens is 1. The number of anilines is 1. The minimum atomic E-state index is -0.755. The number of rotatable bonds is 3. The molecule has 0 fully saturated rings. The summed E-state index contributed by atoms with van der Waals surface area (Å²) in [7, 11) is 0. The van der Waals surface area contributed by atoms with Crippen molar-refractivity contribution in [3.8, 4) is 0 Å². The standard InChI is InChI=1S/C16H16N4O2S/c1-8-9-4-2-3-5-13(9)23-7-11(8)12-6-10(14(17)21)15(19-12)20-16(18)22/h2-6,19H,7H2,1H3,(H2,17,21)(H3,18,20,22). The third-order valence-corrected chi connectivity index (χ3v) is 4.87. The minimum Gasteiger partial charge on any atom is -0.365 e. The van der Waals surface area contributed by atoms with Gasteiger partial charge in [-0.1, -0.05) is 18.2 Å². The van der Waals surface area contributed by atoms with Crippen molar-refractivity contribution < 1.29 is 9.59 Å². The molecule has 6 N–H and O–H groups in total. The number of aromatic amines is 1. The van der Waals surface area contributed by atoms with Crippen molar-refractivity contribution in [2.75, 3.05) is 11.1 Å². The number of hydrogen-bond donors (Lipinski definition) is 4. The highest BCUT2D eigenvalue weighted by Gasteiger charge is 2.21. The number of H-pyrrole nitrogens is 1. The molecule has 0 saturated carbocycles. The fourth-order valence-electron chi connectivity index (χ4n) is 2.64. The van der Waals surface area contributed by atoms with E-state index in [1.54, 1.807) is 17.8 Å². The Hall–Kier alpha value is -2.67. The predicted octanol–water partition coefficient (Wildman–Crippen LogP) is 2.64. The number of amides is 3. The molecule has 0 aliphatic carbocycles. The Bertz CT molecular complexity index is 838. The van der Waals surface area contributed by atoms with Gasteiger partial charge in [-0.05, 0) is 35.8 Å². The molecule has 1 aliphatic rings. The number of fused-ring (bicyclic) bond motifs is 1. The number of thioether (sulfide) groups is 1. The highest BCUT2D eigenvalue weighted by atomic mass is 32.2. The molecule has 3 rings (SSSR count). The number of primary amides is 2. The van der Waals surface area contributed by atoms with E-state index in [1.807, 2.05) is 19.1 Å². The van der Waals surface area contributed by atoms with Gasteiger partial charge >= 0.3 is 6.03 Å². The van der Waals surface area contributed by atoms with Gasteiger partial charge in [0.25, 0.3) is 5.91 Å². The largest absolute Gasteiger partial charge is 0.365 e. The summed E-state index contributed by atoms with van der Waals surface area (Å²) in [6, 6.07) is 9.06. The zero-order valence-electron chi connectivity index (χ0n) is 12.5. The molecular formula is C16H16N4O2S. The molecule has 0 saturated heterocycles. The molecule has 2 aromatic rings. The molecule has 1 aliphatic heterocycles. The first-order valence-electron chi connectivity index (χ1n) is 6.99. The maximum atomic E-state index is 11.6. The number of allylic oxidation sites excluding steroid dienone is 1. The molecule has 0 radical (unpaired) electrons. The van der Waals surface area contributed by atoms with Gasteiger partial charge in [0.2, 0.25) is 0 Å². The van der Waals surface area contributed by atoms with Crippen LogP contribution in [0.5, 0.6) is 0 Å². The maximum absolute atomic E-state index is 11.6. The van der Waals surface area contributed by atoms with Crippen LogP contribution in [0.15, 0.2) is 35.2 Å². The predicted molar refractivity (Wildman–Crippen MR) is 92.2 cm³/mol. The molecule has 0 unspecified atom stereocenters. The quantitative estimate of drug-likeness (QED) is 0.694. The van der Waals surface area contributed by atoms with Crippen LogP contribution in [0.4, 0.5) is 10.6 Å². The maximum Gasteiger partial charge on any atom is 0.317 e. The third-order valence-electron chi connectivity index (χ3n) is 3.77. The first kappa shape index (κ1) is 15.2. The fourth-order valence-corrected chi connectivity index (χ4v) is 3.86. The van der Waals surface area contributed by atoms with Gasteiger partial charge in [0.15, 0.2) is 0 Å². The van der Waals surface area contributed by atoms with Crippen molar-refractivity contribution in [1.82, 2.24) is 4.98 Å². The summed E-state index contributed by atoms with van der Waals surface area (Å²) in [6.45, 7) is 2.04. The first-order chi connectivity index (χ1) is 11.0. The molecule has 0 spiro atoms. The second kappa shape index (κ2) is 5.85. The van der Waals surface area contributed by atoms with E-state index in [2.05, 4.69) is 22.4 Å². The Morgan fingerprint density at radius 1 is 1.26 bits per heavy atom. The van der Waals surface area contributed by atoms with Crippen LogP contribution < -0.4 is 16.8 Å². The number of carbonyl (C=O) groups is 2. The van der Waals surface area contributed by atoms with Crippen molar-refractivity contribution >= 4 is 40.7 Å². The molecule has 1 aromatic heterocycles. The molecule has 3 amide bonds. The molecule has 118 valence electrons. The van der Waals surface area contributed by atoms with E-state index in [4.69, 9.17) is 11.5 Å². The van der Waals surface area contributed by atoms with Crippen LogP contribution in [0.2, 0.25) is 0 Å². The topological polar surface area (TPSA) is 114 Å². The summed E-state index contributed by atoms with van der Waals surface area (Å²) < 4.78 is 0.